The number of carbonyl (C=O) groups excluding carboxylic acids is 1. The molecule has 0 spiro atoms. The number of hydrogen-bond acceptors (Lipinski definition) is 6. The number of pyridine rings is 2. The fourth-order valence-corrected chi connectivity index (χ4v) is 4.08. The smallest absolute Gasteiger partial charge is 0.255 e. The number of aryl methyl sites for hydroxylation is 1. The predicted octanol–water partition coefficient (Wildman–Crippen LogP) is 1.90. The summed E-state index contributed by atoms with van der Waals surface area (Å²) in [4.78, 5) is 25.8. The van der Waals surface area contributed by atoms with E-state index in [-0.39, 0.29) is 11.8 Å². The van der Waals surface area contributed by atoms with Crippen molar-refractivity contribution >= 4 is 17.2 Å². The van der Waals surface area contributed by atoms with Crippen LogP contribution >= 0.6 is 0 Å². The van der Waals surface area contributed by atoms with E-state index in [1.807, 2.05) is 34.7 Å². The van der Waals surface area contributed by atoms with E-state index in [2.05, 4.69) is 16.0 Å². The lowest BCUT2D eigenvalue weighted by Crippen LogP contribution is -2.36. The van der Waals surface area contributed by atoms with Gasteiger partial charge in [-0.2, -0.15) is 5.10 Å². The first-order valence-electron chi connectivity index (χ1n) is 10.1. The average Bonchev–Trinajstić information content (AvgIpc) is 3.40. The number of rotatable bonds is 3. The SMILES string of the molecule is Cc1cncc(C(=O)N2CC[C@@H](c3nc4ccc(N5CCOCC5)cn4n3)C2)c1. The van der Waals surface area contributed by atoms with Crippen molar-refractivity contribution in [2.75, 3.05) is 44.3 Å². The Labute approximate surface area is 169 Å². The molecule has 2 saturated heterocycles. The molecule has 5 rings (SSSR count). The van der Waals surface area contributed by atoms with Gasteiger partial charge in [-0.25, -0.2) is 9.50 Å². The van der Waals surface area contributed by atoms with Crippen molar-refractivity contribution in [2.24, 2.45) is 0 Å². The molecule has 2 aliphatic rings. The van der Waals surface area contributed by atoms with Crippen LogP contribution in [0.4, 0.5) is 5.69 Å². The number of likely N-dealkylation sites (tertiary alicyclic amines) is 1. The molecule has 1 amide bonds. The van der Waals surface area contributed by atoms with Crippen molar-refractivity contribution in [3.05, 3.63) is 53.7 Å². The van der Waals surface area contributed by atoms with Crippen LogP contribution in [0.5, 0.6) is 0 Å². The maximum absolute atomic E-state index is 12.8. The van der Waals surface area contributed by atoms with Gasteiger partial charge in [0.05, 0.1) is 30.7 Å². The highest BCUT2D eigenvalue weighted by molar-refractivity contribution is 5.94. The highest BCUT2D eigenvalue weighted by atomic mass is 16.5. The number of hydrogen-bond donors (Lipinski definition) is 0. The van der Waals surface area contributed by atoms with E-state index in [0.717, 1.165) is 55.4 Å². The largest absolute Gasteiger partial charge is 0.378 e. The van der Waals surface area contributed by atoms with E-state index in [1.165, 1.54) is 0 Å². The highest BCUT2D eigenvalue weighted by Gasteiger charge is 2.30. The molecule has 0 unspecified atom stereocenters. The van der Waals surface area contributed by atoms with Crippen LogP contribution in [0.25, 0.3) is 5.65 Å². The number of fused-ring (bicyclic) bond motifs is 1. The summed E-state index contributed by atoms with van der Waals surface area (Å²) < 4.78 is 7.29. The Morgan fingerprint density at radius 2 is 2.03 bits per heavy atom. The molecule has 150 valence electrons. The fourth-order valence-electron chi connectivity index (χ4n) is 4.08. The lowest BCUT2D eigenvalue weighted by atomic mass is 10.1. The van der Waals surface area contributed by atoms with Gasteiger partial charge in [-0.3, -0.25) is 9.78 Å². The molecule has 5 heterocycles. The Hall–Kier alpha value is -3.00. The van der Waals surface area contributed by atoms with E-state index in [1.54, 1.807) is 12.4 Å². The number of amides is 1. The van der Waals surface area contributed by atoms with Gasteiger partial charge in [-0.1, -0.05) is 0 Å². The molecule has 0 aliphatic carbocycles. The first kappa shape index (κ1) is 18.1. The maximum atomic E-state index is 12.8. The third-order valence-electron chi connectivity index (χ3n) is 5.67. The average molecular weight is 392 g/mol. The zero-order valence-electron chi connectivity index (χ0n) is 16.5. The van der Waals surface area contributed by atoms with Gasteiger partial charge in [0.2, 0.25) is 0 Å². The van der Waals surface area contributed by atoms with Gasteiger partial charge in [-0.05, 0) is 37.1 Å². The zero-order chi connectivity index (χ0) is 19.8. The fraction of sp³-hybridized carbons (Fsp3) is 0.429. The monoisotopic (exact) mass is 392 g/mol. The van der Waals surface area contributed by atoms with Crippen LogP contribution in [-0.4, -0.2) is 69.8 Å². The summed E-state index contributed by atoms with van der Waals surface area (Å²) in [5.41, 5.74) is 3.60. The summed E-state index contributed by atoms with van der Waals surface area (Å²) in [6, 6.07) is 5.99. The third kappa shape index (κ3) is 3.55. The Bertz CT molecular complexity index is 1040. The van der Waals surface area contributed by atoms with E-state index < -0.39 is 0 Å². The summed E-state index contributed by atoms with van der Waals surface area (Å²) in [5.74, 6) is 0.993. The number of anilines is 1. The molecule has 0 N–H and O–H groups in total. The second-order valence-corrected chi connectivity index (χ2v) is 7.75. The second kappa shape index (κ2) is 7.44. The Balaban J connectivity index is 1.32. The van der Waals surface area contributed by atoms with Crippen molar-refractivity contribution in [1.82, 2.24) is 24.5 Å². The van der Waals surface area contributed by atoms with E-state index in [9.17, 15) is 4.79 Å². The first-order valence-corrected chi connectivity index (χ1v) is 10.1. The van der Waals surface area contributed by atoms with Crippen LogP contribution in [0.1, 0.15) is 34.1 Å². The normalized spacial score (nSPS) is 19.8. The topological polar surface area (TPSA) is 75.9 Å². The van der Waals surface area contributed by atoms with Crippen LogP contribution in [0.15, 0.2) is 36.8 Å². The molecular formula is C21H24N6O2. The molecule has 0 radical (unpaired) electrons. The minimum Gasteiger partial charge on any atom is -0.378 e. The standard InChI is InChI=1S/C21H24N6O2/c1-15-10-17(12-22-11-15)21(28)26-5-4-16(13-26)20-23-19-3-2-18(14-27(19)24-20)25-6-8-29-9-7-25/h2-3,10-12,14,16H,4-9,13H2,1H3/t16-/m1/s1. The Kier molecular flexibility index (Phi) is 4.63. The number of morpholine rings is 1. The molecule has 3 aromatic heterocycles. The van der Waals surface area contributed by atoms with E-state index in [4.69, 9.17) is 14.8 Å². The molecule has 2 fully saturated rings. The molecule has 1 atom stereocenters. The number of nitrogens with zero attached hydrogens (tertiary/aromatic N) is 6. The first-order chi connectivity index (χ1) is 14.2. The molecule has 8 heteroatoms. The summed E-state index contributed by atoms with van der Waals surface area (Å²) in [7, 11) is 0. The van der Waals surface area contributed by atoms with Crippen LogP contribution in [0.2, 0.25) is 0 Å². The molecular weight excluding hydrogens is 368 g/mol. The predicted molar refractivity (Wildman–Crippen MR) is 108 cm³/mol. The molecule has 3 aromatic rings. The summed E-state index contributed by atoms with van der Waals surface area (Å²) in [6.45, 7) is 6.58. The lowest BCUT2D eigenvalue weighted by molar-refractivity contribution is 0.0790. The van der Waals surface area contributed by atoms with Gasteiger partial charge >= 0.3 is 0 Å². The minimum atomic E-state index is 0.0297. The molecule has 2 aliphatic heterocycles. The van der Waals surface area contributed by atoms with Gasteiger partial charge < -0.3 is 14.5 Å². The van der Waals surface area contributed by atoms with Gasteiger partial charge in [0.25, 0.3) is 5.91 Å². The van der Waals surface area contributed by atoms with E-state index in [0.29, 0.717) is 18.7 Å². The Morgan fingerprint density at radius 1 is 1.17 bits per heavy atom. The van der Waals surface area contributed by atoms with Crippen molar-refractivity contribution in [2.45, 2.75) is 19.3 Å². The Morgan fingerprint density at radius 3 is 2.86 bits per heavy atom. The quantitative estimate of drug-likeness (QED) is 0.678. The van der Waals surface area contributed by atoms with Crippen molar-refractivity contribution in [1.29, 1.82) is 0 Å². The molecule has 8 nitrogen and oxygen atoms in total. The molecule has 0 aromatic carbocycles. The van der Waals surface area contributed by atoms with Crippen LogP contribution in [-0.2, 0) is 4.74 Å². The van der Waals surface area contributed by atoms with E-state index >= 15 is 0 Å². The number of carbonyl (C=O) groups is 1. The summed E-state index contributed by atoms with van der Waals surface area (Å²) in [6.07, 6.45) is 6.31. The number of ether oxygens (including phenoxy) is 1. The zero-order valence-corrected chi connectivity index (χ0v) is 16.5. The van der Waals surface area contributed by atoms with Crippen molar-refractivity contribution < 1.29 is 9.53 Å². The van der Waals surface area contributed by atoms with Gasteiger partial charge in [0.1, 0.15) is 0 Å². The van der Waals surface area contributed by atoms with Gasteiger partial charge in [0.15, 0.2) is 11.5 Å². The molecule has 0 saturated carbocycles. The number of aromatic nitrogens is 4. The van der Waals surface area contributed by atoms with Gasteiger partial charge in [-0.15, -0.1) is 0 Å². The van der Waals surface area contributed by atoms with Crippen molar-refractivity contribution in [3.63, 3.8) is 0 Å². The minimum absolute atomic E-state index is 0.0297. The third-order valence-corrected chi connectivity index (χ3v) is 5.67. The molecule has 29 heavy (non-hydrogen) atoms. The van der Waals surface area contributed by atoms with Gasteiger partial charge in [0, 0.05) is 44.5 Å². The lowest BCUT2D eigenvalue weighted by Gasteiger charge is -2.28. The van der Waals surface area contributed by atoms with Crippen LogP contribution in [0, 0.1) is 6.92 Å². The highest BCUT2D eigenvalue weighted by Crippen LogP contribution is 2.27. The maximum Gasteiger partial charge on any atom is 0.255 e. The second-order valence-electron chi connectivity index (χ2n) is 7.75. The summed E-state index contributed by atoms with van der Waals surface area (Å²) in [5, 5.41) is 4.73. The van der Waals surface area contributed by atoms with Crippen LogP contribution < -0.4 is 4.90 Å². The van der Waals surface area contributed by atoms with Crippen molar-refractivity contribution in [3.8, 4) is 0 Å². The molecule has 0 bridgehead atoms. The summed E-state index contributed by atoms with van der Waals surface area (Å²) >= 11 is 0. The van der Waals surface area contributed by atoms with Crippen LogP contribution in [0.3, 0.4) is 0 Å².